The summed E-state index contributed by atoms with van der Waals surface area (Å²) in [6.45, 7) is 2.46. The molecule has 0 nitrogen and oxygen atoms in total. The Morgan fingerprint density at radius 1 is 0.583 bits per heavy atom. The highest BCUT2D eigenvalue weighted by molar-refractivity contribution is 8.48. The molecule has 0 aliphatic carbocycles. The SMILES string of the molecule is CCCc1ccc(CCC)c(S(F)(F)(F)(F)F)c1S(F)(F)(F)(F)F. The lowest BCUT2D eigenvalue weighted by Crippen LogP contribution is -2.20. The van der Waals surface area contributed by atoms with Crippen molar-refractivity contribution in [2.45, 2.75) is 49.3 Å². The third kappa shape index (κ3) is 4.87. The molecule has 0 heterocycles. The molecule has 0 N–H and O–H groups in total. The largest absolute Gasteiger partial charge is 0.312 e. The Balaban J connectivity index is 4.22. The zero-order valence-corrected chi connectivity index (χ0v) is 14.2. The van der Waals surface area contributed by atoms with Crippen LogP contribution in [-0.4, -0.2) is 0 Å². The van der Waals surface area contributed by atoms with E-state index in [1.165, 1.54) is 13.8 Å². The van der Waals surface area contributed by atoms with Crippen molar-refractivity contribution in [3.05, 3.63) is 23.3 Å². The molecule has 0 unspecified atom stereocenters. The van der Waals surface area contributed by atoms with Gasteiger partial charge in [-0.05, 0) is 24.0 Å². The van der Waals surface area contributed by atoms with E-state index in [4.69, 9.17) is 0 Å². The summed E-state index contributed by atoms with van der Waals surface area (Å²) >= 11 is 0. The normalized spacial score (nSPS) is 19.2. The standard InChI is InChI=1S/C12H16F10S2/c1-3-5-9-7-8-10(6-4-2)12(24(18,19,20,21)22)11(9)23(13,14,15,16)17/h7-8H,3-6H2,1-2H3. The summed E-state index contributed by atoms with van der Waals surface area (Å²) in [4.78, 5) is -6.97. The molecule has 1 aromatic rings. The lowest BCUT2D eigenvalue weighted by atomic mass is 10.0. The van der Waals surface area contributed by atoms with Crippen LogP contribution < -0.4 is 0 Å². The number of hydrogen-bond acceptors (Lipinski definition) is 0. The van der Waals surface area contributed by atoms with Crippen LogP contribution in [0.2, 0.25) is 0 Å². The highest BCUT2D eigenvalue weighted by Gasteiger charge is 2.76. The Bertz CT molecular complexity index is 596. The molecule has 0 amide bonds. The summed E-state index contributed by atoms with van der Waals surface area (Å²) in [5.74, 6) is 0. The highest BCUT2D eigenvalue weighted by atomic mass is 32.5. The minimum absolute atomic E-state index is 0.228. The first-order chi connectivity index (χ1) is 10.1. The highest BCUT2D eigenvalue weighted by Crippen LogP contribution is 3.10. The summed E-state index contributed by atoms with van der Waals surface area (Å²) in [5, 5.41) is 0. The molecule has 24 heavy (non-hydrogen) atoms. The van der Waals surface area contributed by atoms with E-state index in [0.29, 0.717) is 12.1 Å². The fourth-order valence-electron chi connectivity index (χ4n) is 2.42. The van der Waals surface area contributed by atoms with E-state index in [-0.39, 0.29) is 12.8 Å². The molecule has 146 valence electrons. The second-order valence-corrected chi connectivity index (χ2v) is 10.2. The third-order valence-corrected chi connectivity index (χ3v) is 5.69. The molecule has 0 atom stereocenters. The van der Waals surface area contributed by atoms with Crippen molar-refractivity contribution in [3.8, 4) is 0 Å². The average Bonchev–Trinajstić information content (AvgIpc) is 2.24. The van der Waals surface area contributed by atoms with Gasteiger partial charge in [-0.1, -0.05) is 77.7 Å². The van der Waals surface area contributed by atoms with Crippen molar-refractivity contribution < 1.29 is 38.9 Å². The maximum Gasteiger partial charge on any atom is 0.312 e. The van der Waals surface area contributed by atoms with Gasteiger partial charge in [-0.3, -0.25) is 0 Å². The van der Waals surface area contributed by atoms with Crippen molar-refractivity contribution in [1.82, 2.24) is 0 Å². The number of halogens is 10. The molecule has 0 saturated carbocycles. The van der Waals surface area contributed by atoms with Crippen LogP contribution in [0.25, 0.3) is 0 Å². The average molecular weight is 414 g/mol. The molecule has 0 spiro atoms. The number of benzene rings is 1. The van der Waals surface area contributed by atoms with Crippen LogP contribution in [0.5, 0.6) is 0 Å². The van der Waals surface area contributed by atoms with Crippen molar-refractivity contribution in [1.29, 1.82) is 0 Å². The maximum atomic E-state index is 13.3. The van der Waals surface area contributed by atoms with E-state index in [0.717, 1.165) is 0 Å². The topological polar surface area (TPSA) is 0 Å². The van der Waals surface area contributed by atoms with Gasteiger partial charge < -0.3 is 0 Å². The second kappa shape index (κ2) is 4.49. The molecule has 0 aliphatic heterocycles. The lowest BCUT2D eigenvalue weighted by Gasteiger charge is -2.49. The summed E-state index contributed by atoms with van der Waals surface area (Å²) in [6.07, 6.45) is -2.14. The molecule has 0 aliphatic rings. The van der Waals surface area contributed by atoms with Gasteiger partial charge in [0.25, 0.3) is 0 Å². The number of rotatable bonds is 6. The first-order valence-corrected chi connectivity index (χ1v) is 10.6. The summed E-state index contributed by atoms with van der Waals surface area (Å²) in [5.41, 5.74) is -2.94. The van der Waals surface area contributed by atoms with E-state index in [1.807, 2.05) is 0 Å². The van der Waals surface area contributed by atoms with Gasteiger partial charge in [0.2, 0.25) is 0 Å². The van der Waals surface area contributed by atoms with Crippen LogP contribution >= 0.6 is 20.4 Å². The van der Waals surface area contributed by atoms with Crippen LogP contribution in [0, 0.1) is 0 Å². The zero-order valence-electron chi connectivity index (χ0n) is 12.6. The van der Waals surface area contributed by atoms with E-state index in [1.54, 1.807) is 0 Å². The van der Waals surface area contributed by atoms with Gasteiger partial charge in [0.05, 0.1) is 0 Å². The molecule has 0 fully saturated rings. The minimum Gasteiger partial charge on any atom is -0.0936 e. The van der Waals surface area contributed by atoms with Crippen LogP contribution in [0.15, 0.2) is 21.9 Å². The number of aryl methyl sites for hydroxylation is 2. The van der Waals surface area contributed by atoms with Gasteiger partial charge in [0.1, 0.15) is 9.79 Å². The maximum absolute atomic E-state index is 13.3. The quantitative estimate of drug-likeness (QED) is 0.408. The smallest absolute Gasteiger partial charge is 0.0936 e. The number of hydrogen-bond donors (Lipinski definition) is 0. The zero-order chi connectivity index (χ0) is 19.4. The van der Waals surface area contributed by atoms with E-state index < -0.39 is 54.2 Å². The van der Waals surface area contributed by atoms with Gasteiger partial charge in [-0.25, -0.2) is 0 Å². The first kappa shape index (κ1) is 21.3. The van der Waals surface area contributed by atoms with E-state index >= 15 is 0 Å². The van der Waals surface area contributed by atoms with Crippen LogP contribution in [-0.2, 0) is 12.8 Å². The second-order valence-electron chi connectivity index (χ2n) is 5.48. The molecule has 0 aromatic heterocycles. The van der Waals surface area contributed by atoms with Crippen molar-refractivity contribution >= 4 is 20.4 Å². The van der Waals surface area contributed by atoms with Crippen LogP contribution in [0.4, 0.5) is 38.9 Å². The molecule has 1 rings (SSSR count). The predicted octanol–water partition coefficient (Wildman–Crippen LogP) is 8.91. The van der Waals surface area contributed by atoms with Crippen molar-refractivity contribution in [2.75, 3.05) is 0 Å². The minimum atomic E-state index is -11.0. The van der Waals surface area contributed by atoms with Gasteiger partial charge in [-0.15, -0.1) is 0 Å². The Kier molecular flexibility index (Phi) is 3.98. The lowest BCUT2D eigenvalue weighted by molar-refractivity contribution is 0.333. The van der Waals surface area contributed by atoms with Crippen molar-refractivity contribution in [2.24, 2.45) is 0 Å². The Morgan fingerprint density at radius 3 is 1.00 bits per heavy atom. The van der Waals surface area contributed by atoms with Crippen LogP contribution in [0.3, 0.4) is 0 Å². The fourth-order valence-corrected chi connectivity index (χ4v) is 5.66. The van der Waals surface area contributed by atoms with Gasteiger partial charge >= 0.3 is 20.4 Å². The van der Waals surface area contributed by atoms with Crippen molar-refractivity contribution in [3.63, 3.8) is 0 Å². The van der Waals surface area contributed by atoms with E-state index in [9.17, 15) is 38.9 Å². The Hall–Kier alpha value is -0.780. The Morgan fingerprint density at radius 2 is 0.833 bits per heavy atom. The van der Waals surface area contributed by atoms with Gasteiger partial charge in [0, 0.05) is 0 Å². The predicted molar refractivity (Wildman–Crippen MR) is 77.2 cm³/mol. The fraction of sp³-hybridized carbons (Fsp3) is 0.500. The molecular formula is C12H16F10S2. The third-order valence-electron chi connectivity index (χ3n) is 3.09. The van der Waals surface area contributed by atoms with Gasteiger partial charge in [0.15, 0.2) is 0 Å². The molecule has 0 saturated heterocycles. The summed E-state index contributed by atoms with van der Waals surface area (Å²) in [7, 11) is -22.1. The molecule has 0 bridgehead atoms. The van der Waals surface area contributed by atoms with E-state index in [2.05, 4.69) is 0 Å². The van der Waals surface area contributed by atoms with Crippen LogP contribution in [0.1, 0.15) is 37.8 Å². The first-order valence-electron chi connectivity index (χ1n) is 6.73. The monoisotopic (exact) mass is 414 g/mol. The molecule has 1 aromatic carbocycles. The summed E-state index contributed by atoms with van der Waals surface area (Å²) < 4.78 is 133. The summed E-state index contributed by atoms with van der Waals surface area (Å²) in [6, 6.07) is 0.851. The molecular weight excluding hydrogens is 398 g/mol. The Labute approximate surface area is 132 Å². The molecule has 0 radical (unpaired) electrons. The van der Waals surface area contributed by atoms with Gasteiger partial charge in [-0.2, -0.15) is 0 Å². The molecule has 12 heteroatoms.